The molecule has 1 aliphatic carbocycles. The topological polar surface area (TPSA) is 15.3 Å². The van der Waals surface area contributed by atoms with Crippen LogP contribution in [0.25, 0.3) is 0 Å². The van der Waals surface area contributed by atoms with Crippen LogP contribution >= 0.6 is 0 Å². The fourth-order valence-electron chi connectivity index (χ4n) is 3.23. The van der Waals surface area contributed by atoms with Crippen molar-refractivity contribution in [2.75, 3.05) is 32.7 Å². The number of hydrogen-bond acceptors (Lipinski definition) is 2. The zero-order valence-corrected chi connectivity index (χ0v) is 13.6. The van der Waals surface area contributed by atoms with Gasteiger partial charge in [0.1, 0.15) is 0 Å². The highest BCUT2D eigenvalue weighted by molar-refractivity contribution is 4.69. The van der Waals surface area contributed by atoms with Crippen LogP contribution in [-0.4, -0.2) is 37.6 Å². The van der Waals surface area contributed by atoms with Gasteiger partial charge in [-0.1, -0.05) is 52.9 Å². The van der Waals surface area contributed by atoms with Crippen LogP contribution < -0.4 is 5.32 Å². The van der Waals surface area contributed by atoms with Crippen molar-refractivity contribution >= 4 is 0 Å². The van der Waals surface area contributed by atoms with Crippen molar-refractivity contribution in [1.82, 2.24) is 10.2 Å². The monoisotopic (exact) mass is 268 g/mol. The van der Waals surface area contributed by atoms with Crippen molar-refractivity contribution < 1.29 is 0 Å². The summed E-state index contributed by atoms with van der Waals surface area (Å²) in [7, 11) is 0. The van der Waals surface area contributed by atoms with E-state index in [4.69, 9.17) is 0 Å². The quantitative estimate of drug-likeness (QED) is 0.604. The zero-order chi connectivity index (χ0) is 13.9. The van der Waals surface area contributed by atoms with Gasteiger partial charge in [-0.2, -0.15) is 0 Å². The largest absolute Gasteiger partial charge is 0.315 e. The second-order valence-electron chi connectivity index (χ2n) is 6.28. The Morgan fingerprint density at radius 3 is 2.32 bits per heavy atom. The van der Waals surface area contributed by atoms with Gasteiger partial charge in [0.2, 0.25) is 0 Å². The first-order chi connectivity index (χ1) is 9.30. The predicted molar refractivity (Wildman–Crippen MR) is 85.6 cm³/mol. The normalized spacial score (nSPS) is 17.5. The average Bonchev–Trinajstić information content (AvgIpc) is 2.48. The minimum Gasteiger partial charge on any atom is -0.315 e. The van der Waals surface area contributed by atoms with Crippen LogP contribution in [0.3, 0.4) is 0 Å². The summed E-state index contributed by atoms with van der Waals surface area (Å²) in [5, 5.41) is 3.69. The Bertz CT molecular complexity index is 195. The van der Waals surface area contributed by atoms with E-state index in [1.54, 1.807) is 0 Å². The van der Waals surface area contributed by atoms with E-state index in [-0.39, 0.29) is 0 Å². The minimum absolute atomic E-state index is 0.887. The third kappa shape index (κ3) is 7.31. The van der Waals surface area contributed by atoms with Crippen LogP contribution in [0.2, 0.25) is 0 Å². The maximum atomic E-state index is 3.69. The lowest BCUT2D eigenvalue weighted by molar-refractivity contribution is 0.230. The molecule has 0 unspecified atom stereocenters. The Balaban J connectivity index is 2.07. The minimum atomic E-state index is 0.887. The molecule has 1 rings (SSSR count). The van der Waals surface area contributed by atoms with E-state index in [9.17, 15) is 0 Å². The number of nitrogens with one attached hydrogen (secondary N) is 1. The molecule has 19 heavy (non-hydrogen) atoms. The highest BCUT2D eigenvalue weighted by atomic mass is 15.1. The average molecular weight is 268 g/mol. The van der Waals surface area contributed by atoms with E-state index in [0.717, 1.165) is 11.8 Å². The molecule has 2 heteroatoms. The van der Waals surface area contributed by atoms with E-state index in [1.807, 2.05) is 0 Å². The van der Waals surface area contributed by atoms with Gasteiger partial charge in [0.05, 0.1) is 0 Å². The van der Waals surface area contributed by atoms with Crippen molar-refractivity contribution in [3.8, 4) is 0 Å². The molecule has 0 amide bonds. The molecular weight excluding hydrogens is 232 g/mol. The molecule has 1 saturated carbocycles. The summed E-state index contributed by atoms with van der Waals surface area (Å²) in [6.07, 6.45) is 9.95. The van der Waals surface area contributed by atoms with Gasteiger partial charge >= 0.3 is 0 Å². The zero-order valence-electron chi connectivity index (χ0n) is 13.6. The molecule has 1 N–H and O–H groups in total. The molecule has 1 fully saturated rings. The molecule has 2 nitrogen and oxygen atoms in total. The Morgan fingerprint density at radius 1 is 1.05 bits per heavy atom. The van der Waals surface area contributed by atoms with Crippen LogP contribution in [0.5, 0.6) is 0 Å². The molecule has 0 aromatic carbocycles. The van der Waals surface area contributed by atoms with Gasteiger partial charge in [0.25, 0.3) is 0 Å². The summed E-state index contributed by atoms with van der Waals surface area (Å²) in [5.41, 5.74) is 0. The maximum Gasteiger partial charge on any atom is 0.0107 e. The number of rotatable bonds is 10. The first-order valence-electron chi connectivity index (χ1n) is 8.73. The van der Waals surface area contributed by atoms with Gasteiger partial charge in [0.15, 0.2) is 0 Å². The standard InChI is InChI=1S/C17H36N2/c1-4-16(5-2)15-19(6-3)13-12-18-14-17-10-8-7-9-11-17/h16-18H,4-15H2,1-3H3. The summed E-state index contributed by atoms with van der Waals surface area (Å²) in [6, 6.07) is 0. The third-order valence-electron chi connectivity index (χ3n) is 4.88. The first kappa shape index (κ1) is 17.0. The van der Waals surface area contributed by atoms with E-state index < -0.39 is 0 Å². The van der Waals surface area contributed by atoms with Crippen LogP contribution in [0.15, 0.2) is 0 Å². The van der Waals surface area contributed by atoms with Crippen molar-refractivity contribution in [3.05, 3.63) is 0 Å². The number of nitrogens with zero attached hydrogens (tertiary/aromatic N) is 1. The lowest BCUT2D eigenvalue weighted by Gasteiger charge is -2.26. The molecule has 0 aromatic rings. The number of likely N-dealkylation sites (N-methyl/N-ethyl adjacent to an activating group) is 1. The van der Waals surface area contributed by atoms with Gasteiger partial charge < -0.3 is 10.2 Å². The molecule has 0 radical (unpaired) electrons. The first-order valence-corrected chi connectivity index (χ1v) is 8.73. The lowest BCUT2D eigenvalue weighted by Crippen LogP contribution is -2.36. The van der Waals surface area contributed by atoms with Crippen molar-refractivity contribution in [1.29, 1.82) is 0 Å². The Hall–Kier alpha value is -0.0800. The second-order valence-corrected chi connectivity index (χ2v) is 6.28. The van der Waals surface area contributed by atoms with Crippen molar-refractivity contribution in [2.45, 2.75) is 65.7 Å². The van der Waals surface area contributed by atoms with Gasteiger partial charge in [0, 0.05) is 19.6 Å². The predicted octanol–water partition coefficient (Wildman–Crippen LogP) is 3.91. The highest BCUT2D eigenvalue weighted by Crippen LogP contribution is 2.22. The van der Waals surface area contributed by atoms with E-state index >= 15 is 0 Å². The fourth-order valence-corrected chi connectivity index (χ4v) is 3.23. The van der Waals surface area contributed by atoms with Crippen molar-refractivity contribution in [3.63, 3.8) is 0 Å². The molecule has 0 bridgehead atoms. The molecule has 0 saturated heterocycles. The SMILES string of the molecule is CCC(CC)CN(CC)CCNCC1CCCCC1. The summed E-state index contributed by atoms with van der Waals surface area (Å²) in [5.74, 6) is 1.85. The number of hydrogen-bond donors (Lipinski definition) is 1. The Kier molecular flexibility index (Phi) is 9.54. The van der Waals surface area contributed by atoms with Crippen LogP contribution in [0, 0.1) is 11.8 Å². The Morgan fingerprint density at radius 2 is 1.74 bits per heavy atom. The molecular formula is C17H36N2. The maximum absolute atomic E-state index is 3.69. The smallest absolute Gasteiger partial charge is 0.0107 e. The van der Waals surface area contributed by atoms with Crippen LogP contribution in [0.1, 0.15) is 65.7 Å². The van der Waals surface area contributed by atoms with Crippen molar-refractivity contribution in [2.24, 2.45) is 11.8 Å². The highest BCUT2D eigenvalue weighted by Gasteiger charge is 2.13. The summed E-state index contributed by atoms with van der Waals surface area (Å²) in [4.78, 5) is 2.62. The summed E-state index contributed by atoms with van der Waals surface area (Å²) < 4.78 is 0. The lowest BCUT2D eigenvalue weighted by atomic mass is 9.89. The van der Waals surface area contributed by atoms with Crippen LogP contribution in [0.4, 0.5) is 0 Å². The van der Waals surface area contributed by atoms with Gasteiger partial charge in [-0.05, 0) is 37.8 Å². The third-order valence-corrected chi connectivity index (χ3v) is 4.88. The van der Waals surface area contributed by atoms with E-state index in [2.05, 4.69) is 31.0 Å². The van der Waals surface area contributed by atoms with Gasteiger partial charge in [-0.3, -0.25) is 0 Å². The van der Waals surface area contributed by atoms with E-state index in [0.29, 0.717) is 0 Å². The molecule has 0 aromatic heterocycles. The van der Waals surface area contributed by atoms with Gasteiger partial charge in [-0.15, -0.1) is 0 Å². The van der Waals surface area contributed by atoms with Crippen LogP contribution in [-0.2, 0) is 0 Å². The summed E-state index contributed by atoms with van der Waals surface area (Å²) in [6.45, 7) is 13.1. The molecule has 1 aliphatic rings. The fraction of sp³-hybridized carbons (Fsp3) is 1.00. The van der Waals surface area contributed by atoms with Gasteiger partial charge in [-0.25, -0.2) is 0 Å². The molecule has 114 valence electrons. The molecule has 0 aliphatic heterocycles. The molecule has 0 atom stereocenters. The molecule has 0 heterocycles. The van der Waals surface area contributed by atoms with E-state index in [1.165, 1.54) is 77.7 Å². The Labute approximate surface area is 121 Å². The summed E-state index contributed by atoms with van der Waals surface area (Å²) >= 11 is 0. The second kappa shape index (κ2) is 10.7. The molecule has 0 spiro atoms.